The van der Waals surface area contributed by atoms with Crippen molar-refractivity contribution in [2.45, 2.75) is 156 Å². The van der Waals surface area contributed by atoms with E-state index >= 15 is 0 Å². The maximum atomic E-state index is 14.0. The maximum absolute atomic E-state index is 14.0. The molecule has 12 aromatic rings. The number of para-hydroxylation sites is 3. The van der Waals surface area contributed by atoms with Crippen molar-refractivity contribution in [1.29, 1.82) is 0 Å². The van der Waals surface area contributed by atoms with E-state index in [1.807, 2.05) is 152 Å². The third kappa shape index (κ3) is 25.5. The molecule has 9 heterocycles. The summed E-state index contributed by atoms with van der Waals surface area (Å²) in [5.74, 6) is 1.22. The van der Waals surface area contributed by atoms with Gasteiger partial charge in [-0.3, -0.25) is 35.1 Å². The van der Waals surface area contributed by atoms with Gasteiger partial charge in [0.05, 0.1) is 98.0 Å². The van der Waals surface area contributed by atoms with E-state index in [1.54, 1.807) is 53.7 Å². The molecule has 6 aromatic carbocycles. The van der Waals surface area contributed by atoms with Crippen molar-refractivity contribution in [2.24, 2.45) is 73.5 Å². The Balaban J connectivity index is 0.000000159. The fourth-order valence-electron chi connectivity index (χ4n) is 20.9. The lowest BCUT2D eigenvalue weighted by Gasteiger charge is -2.29. The number of carbonyl (C=O) groups is 6. The number of rotatable bonds is 22. The normalized spacial score (nSPS) is 19.9. The molecule has 790 valence electrons. The Bertz CT molecular complexity index is 7050. The van der Waals surface area contributed by atoms with Crippen LogP contribution >= 0.6 is 0 Å². The highest BCUT2D eigenvalue weighted by Crippen LogP contribution is 2.55. The quantitative estimate of drug-likeness (QED) is 0.0121. The van der Waals surface area contributed by atoms with Crippen LogP contribution in [-0.2, 0) is 59.1 Å². The van der Waals surface area contributed by atoms with Crippen molar-refractivity contribution in [3.63, 3.8) is 0 Å². The topological polar surface area (TPSA) is 523 Å². The zero-order valence-corrected chi connectivity index (χ0v) is 87.3. The minimum Gasteiger partial charge on any atom is -0.494 e. The average Bonchev–Trinajstić information content (AvgIpc) is 1.67. The molecular formula is C106H127FN20O22. The average molecular weight is 2050 g/mol. The van der Waals surface area contributed by atoms with Crippen LogP contribution in [0, 0.1) is 77.1 Å². The second kappa shape index (κ2) is 44.1. The van der Waals surface area contributed by atoms with Gasteiger partial charge in [0.25, 0.3) is 11.4 Å². The molecule has 6 aliphatic rings. The Kier molecular flexibility index (Phi) is 32.2. The molecule has 8 N–H and O–H groups in total. The molecule has 6 aromatic heterocycles. The van der Waals surface area contributed by atoms with Crippen molar-refractivity contribution in [2.75, 3.05) is 108 Å². The molecule has 6 fully saturated rings. The number of methoxy groups -OCH3 is 6. The first-order valence-electron chi connectivity index (χ1n) is 48.5. The van der Waals surface area contributed by atoms with Gasteiger partial charge in [0, 0.05) is 181 Å². The molecule has 6 atom stereocenters. The van der Waals surface area contributed by atoms with Crippen LogP contribution in [0.15, 0.2) is 146 Å². The molecule has 3 saturated carbocycles. The third-order valence-corrected chi connectivity index (χ3v) is 26.9. The van der Waals surface area contributed by atoms with E-state index in [0.29, 0.717) is 119 Å². The van der Waals surface area contributed by atoms with Crippen LogP contribution in [0.5, 0.6) is 17.2 Å². The number of benzene rings is 6. The molecule has 3 saturated heterocycles. The molecule has 42 nitrogen and oxygen atoms in total. The fraction of sp³-hybridized carbons (Fsp3) is 0.434. The molecule has 0 amide bonds. The lowest BCUT2D eigenvalue weighted by atomic mass is 9.83. The summed E-state index contributed by atoms with van der Waals surface area (Å²) in [7, 11) is 13.9. The van der Waals surface area contributed by atoms with E-state index in [2.05, 4.69) is 76.6 Å². The van der Waals surface area contributed by atoms with Crippen molar-refractivity contribution in [3.05, 3.63) is 199 Å². The Morgan fingerprint density at radius 1 is 0.443 bits per heavy atom. The number of esters is 4. The van der Waals surface area contributed by atoms with Gasteiger partial charge in [0.15, 0.2) is 0 Å². The summed E-state index contributed by atoms with van der Waals surface area (Å²) in [5.41, 5.74) is 17.6. The number of nitro groups is 3. The second-order valence-corrected chi connectivity index (χ2v) is 42.3. The first-order valence-corrected chi connectivity index (χ1v) is 48.5. The van der Waals surface area contributed by atoms with Gasteiger partial charge in [0.2, 0.25) is 23.7 Å². The molecule has 0 spiro atoms. The number of hydrogen-bond donors (Lipinski definition) is 6. The molecule has 18 rings (SSSR count). The molecule has 3 aliphatic carbocycles. The summed E-state index contributed by atoms with van der Waals surface area (Å²) >= 11 is 0. The summed E-state index contributed by atoms with van der Waals surface area (Å²) in [5, 5.41) is 50.9. The Morgan fingerprint density at radius 3 is 1.05 bits per heavy atom. The molecule has 0 bridgehead atoms. The number of nitrogens with one attached hydrogen (secondary N) is 4. The van der Waals surface area contributed by atoms with Gasteiger partial charge in [-0.1, -0.05) is 61.5 Å². The highest BCUT2D eigenvalue weighted by molar-refractivity contribution is 6.06. The molecule has 0 radical (unpaired) electrons. The number of anilines is 8. The molecule has 6 unspecified atom stereocenters. The van der Waals surface area contributed by atoms with Gasteiger partial charge in [-0.25, -0.2) is 53.9 Å². The molecule has 149 heavy (non-hydrogen) atoms. The third-order valence-electron chi connectivity index (χ3n) is 26.9. The summed E-state index contributed by atoms with van der Waals surface area (Å²) < 4.78 is 70.6. The van der Waals surface area contributed by atoms with Crippen LogP contribution in [0.2, 0.25) is 0 Å². The highest BCUT2D eigenvalue weighted by Gasteiger charge is 2.50. The fourth-order valence-corrected chi connectivity index (χ4v) is 20.9. The van der Waals surface area contributed by atoms with Crippen molar-refractivity contribution in [3.8, 4) is 51.0 Å². The number of aromatic nitrogens is 9. The van der Waals surface area contributed by atoms with Gasteiger partial charge in [0.1, 0.15) is 62.1 Å². The lowest BCUT2D eigenvalue weighted by Crippen LogP contribution is -2.35. The van der Waals surface area contributed by atoms with Crippen molar-refractivity contribution < 1.29 is 95.3 Å². The number of hydrogen-bond acceptors (Lipinski definition) is 36. The largest absolute Gasteiger partial charge is 0.519 e. The number of nitrogens with zero attached hydrogens (tertiary/aromatic N) is 14. The number of fused-ring (bicyclic) bond motifs is 6. The summed E-state index contributed by atoms with van der Waals surface area (Å²) in [6.45, 7) is 27.1. The van der Waals surface area contributed by atoms with Gasteiger partial charge in [-0.05, 0) is 187 Å². The van der Waals surface area contributed by atoms with Crippen LogP contribution < -0.4 is 56.7 Å². The Morgan fingerprint density at radius 2 is 0.745 bits per heavy atom. The second-order valence-electron chi connectivity index (χ2n) is 42.3. The van der Waals surface area contributed by atoms with E-state index in [0.717, 1.165) is 87.9 Å². The monoisotopic (exact) mass is 2050 g/mol. The molecular weight excluding hydrogens is 1920 g/mol. The minimum absolute atomic E-state index is 0.0183. The van der Waals surface area contributed by atoms with E-state index in [1.165, 1.54) is 99.3 Å². The number of aryl methyl sites for hydroxylation is 3. The summed E-state index contributed by atoms with van der Waals surface area (Å²) in [4.78, 5) is 138. The summed E-state index contributed by atoms with van der Waals surface area (Å²) in [6, 6.07) is 31.3. The zero-order valence-electron chi connectivity index (χ0n) is 87.3. The number of nitro benzene ring substituents is 3. The molecule has 3 aliphatic heterocycles. The van der Waals surface area contributed by atoms with Gasteiger partial charge in [-0.2, -0.15) is 4.39 Å². The van der Waals surface area contributed by atoms with E-state index < -0.39 is 68.4 Å². The van der Waals surface area contributed by atoms with Gasteiger partial charge in [-0.15, -0.1) is 0 Å². The van der Waals surface area contributed by atoms with Crippen molar-refractivity contribution in [1.82, 2.24) is 48.9 Å². The first-order chi connectivity index (χ1) is 70.3. The minimum atomic E-state index is -1.06. The van der Waals surface area contributed by atoms with Crippen LogP contribution in [0.4, 0.5) is 77.3 Å². The van der Waals surface area contributed by atoms with Crippen molar-refractivity contribution >= 4 is 132 Å². The van der Waals surface area contributed by atoms with E-state index in [4.69, 9.17) is 59.1 Å². The van der Waals surface area contributed by atoms with Crippen LogP contribution in [0.1, 0.15) is 159 Å². The summed E-state index contributed by atoms with van der Waals surface area (Å²) in [6.07, 6.45) is 13.8. The number of carbonyl (C=O) groups excluding carboxylic acids is 6. The van der Waals surface area contributed by atoms with Crippen LogP contribution in [-0.4, -0.2) is 204 Å². The predicted octanol–water partition coefficient (Wildman–Crippen LogP) is 18.7. The Labute approximate surface area is 859 Å². The number of halogens is 1. The zero-order chi connectivity index (χ0) is 108. The van der Waals surface area contributed by atoms with E-state index in [-0.39, 0.29) is 84.7 Å². The van der Waals surface area contributed by atoms with Gasteiger partial charge < -0.3 is 104 Å². The van der Waals surface area contributed by atoms with Gasteiger partial charge >= 0.3 is 41.9 Å². The lowest BCUT2D eigenvalue weighted by molar-refractivity contribution is -0.387. The maximum Gasteiger partial charge on any atom is 0.519 e. The molecule has 43 heteroatoms. The number of nitrogens with two attached hydrogens (primary N) is 2. The van der Waals surface area contributed by atoms with Crippen LogP contribution in [0.25, 0.3) is 66.5 Å². The van der Waals surface area contributed by atoms with E-state index in [9.17, 15) is 63.5 Å². The van der Waals surface area contributed by atoms with Crippen LogP contribution in [0.3, 0.4) is 0 Å². The number of ether oxygens (including phenoxy) is 10. The predicted molar refractivity (Wildman–Crippen MR) is 558 cm³/mol. The smallest absolute Gasteiger partial charge is 0.494 e. The first kappa shape index (κ1) is 109. The SMILES string of the molecule is CC(C)(C)OC(=O)OC(=O)OC(C)(C)C.CC1(N)CC2CNCC2C1.COC(=O)c1cnc(Nc2cc([N+](=O)[O-])c(F)cc2OC)nc1-c1cn(C)c2ccccc12.COC(=O)c1cnc(Nc2cc([N+](=O)[O-])c(N3CC4CC(C)(CC(=O)OC(C)(C)C)CC4C3)cc2OC)nc1-c1cn(C)c2ccccc12.COC(=O)c1cnc(Nc2cc([N+](=O)[O-])c(N3CC4CC(C)(N)CC4C3)cc2OC)nc1-c1cn(C)c2ccccc12. The standard InChI is InChI=1S/C36H42N6O7.C30H33N7O5.C22H18FN5O5.C10H18O5.C8H16N2/c1-35(2,3)49-31(43)16-36(4)14-21-18-41(19-22(21)15-36)28-13-30(47-6)26(12-29(28)42(45)46)38-34-37-17-24(33(44)48-7)32(39-34)25-20-40(5)27-11-9-8-10-23(25)27;1-30(31)11-17-14-36(15-18(17)12-30)24-10-26(41-3)22(9-25(24)37(39)40)33-29-32-13-20(28(38)42-4)27(34-29)21-16-35(2)23-8-6-5-7-19(21)23;1-27-11-14(12-6-4-5-7-17(12)27)20-13(21(29)33-3)10-24-22(26-20)25-16-9-18(28(30)31)15(23)8-19(16)32-2;1-9(2,3)14-7(11)13-8(12)15-10(4,5)6;1-8(9)2-6-4-10-5-7(6)3-8/h8-13,17,20-22H,14-16,18-19H2,1-7H3,(H,37,38,39);5-10,13,16-18H,11-12,14-15,31H2,1-4H3,(H,32,33,34);4-11H,1-3H3,(H,24,25,26);1-6H3;6-7,10H,2-5,9H2,1H3. The highest BCUT2D eigenvalue weighted by atomic mass is 19.1. The Hall–Kier alpha value is -15.8.